The molecule has 0 radical (unpaired) electrons. The Kier molecular flexibility index (Phi) is 13.8. The van der Waals surface area contributed by atoms with Crippen LogP contribution in [-0.4, -0.2) is 51.8 Å². The van der Waals surface area contributed by atoms with E-state index in [0.717, 1.165) is 10.6 Å². The van der Waals surface area contributed by atoms with Crippen LogP contribution in [0.4, 0.5) is 11.4 Å². The van der Waals surface area contributed by atoms with Gasteiger partial charge in [0.2, 0.25) is 0 Å². The fourth-order valence-electron chi connectivity index (χ4n) is 4.71. The van der Waals surface area contributed by atoms with Crippen molar-refractivity contribution in [3.63, 3.8) is 0 Å². The predicted molar refractivity (Wildman–Crippen MR) is 217 cm³/mol. The second-order valence-electron chi connectivity index (χ2n) is 11.4. The summed E-state index contributed by atoms with van der Waals surface area (Å²) in [5, 5.41) is 40.9. The van der Waals surface area contributed by atoms with E-state index in [9.17, 15) is 34.4 Å². The lowest BCUT2D eigenvalue weighted by atomic mass is 10.1. The Bertz CT molecular complexity index is 2230. The standard InChI is InChI=1S/C34H30N4O11P2S4/c1-2-25(49-38(45)46)20-32(42)48-30-16-7-23(37-36-22-5-3-21(4-6-22)33(43)35-18-17-31(40)41)19-29(30)34(44)47-26-10-14-28(15-11-26)51(53)54-50(52,55-51)27-12-8-24(39)9-13-27/h3-16,19,25,39H,2,17-18,20H2,1H3,(H,35,43)(H,40,41). The zero-order valence-corrected chi connectivity index (χ0v) is 33.6. The second kappa shape index (κ2) is 18.3. The van der Waals surface area contributed by atoms with Crippen LogP contribution in [0.15, 0.2) is 101 Å². The van der Waals surface area contributed by atoms with Gasteiger partial charge in [0.15, 0.2) is 0 Å². The van der Waals surface area contributed by atoms with Crippen molar-refractivity contribution in [3.05, 3.63) is 112 Å². The summed E-state index contributed by atoms with van der Waals surface area (Å²) in [6.45, 7) is 1.57. The number of carbonyl (C=O) groups is 4. The van der Waals surface area contributed by atoms with E-state index in [1.165, 1.54) is 42.5 Å². The molecule has 1 heterocycles. The first kappa shape index (κ1) is 41.5. The highest BCUT2D eigenvalue weighted by Gasteiger charge is 2.45. The molecule has 3 N–H and O–H groups in total. The van der Waals surface area contributed by atoms with Gasteiger partial charge in [-0.25, -0.2) is 4.79 Å². The number of hydrogen-bond acceptors (Lipinski definition) is 16. The zero-order valence-electron chi connectivity index (χ0n) is 28.5. The van der Waals surface area contributed by atoms with Gasteiger partial charge in [-0.15, -0.1) is 10.1 Å². The minimum absolute atomic E-state index is 0.0300. The second-order valence-corrected chi connectivity index (χ2v) is 32.7. The van der Waals surface area contributed by atoms with Crippen LogP contribution >= 0.6 is 30.9 Å². The van der Waals surface area contributed by atoms with Gasteiger partial charge in [-0.1, -0.05) is 52.5 Å². The number of benzene rings is 4. The van der Waals surface area contributed by atoms with Crippen molar-refractivity contribution in [2.45, 2.75) is 32.3 Å². The van der Waals surface area contributed by atoms with Crippen LogP contribution < -0.4 is 25.4 Å². The molecule has 1 unspecified atom stereocenters. The number of aliphatic carboxylic acids is 1. The number of aromatic hydroxyl groups is 1. The van der Waals surface area contributed by atoms with Crippen molar-refractivity contribution >= 4 is 100 Å². The number of carboxylic acids is 1. The molecule has 4 aromatic rings. The number of nitrogens with zero attached hydrogens (tertiary/aromatic N) is 3. The quantitative estimate of drug-likeness (QED) is 0.0247. The maximum Gasteiger partial charge on any atom is 0.347 e. The molecule has 0 saturated carbocycles. The molecule has 0 bridgehead atoms. The number of ether oxygens (including phenoxy) is 2. The number of azo groups is 1. The van der Waals surface area contributed by atoms with Gasteiger partial charge in [0, 0.05) is 22.7 Å². The molecule has 1 amide bonds. The number of amides is 1. The lowest BCUT2D eigenvalue weighted by Gasteiger charge is -2.40. The number of phenolic OH excluding ortho intramolecular Hbond substituents is 1. The molecule has 1 aliphatic heterocycles. The van der Waals surface area contributed by atoms with Crippen molar-refractivity contribution in [2.24, 2.45) is 10.2 Å². The van der Waals surface area contributed by atoms with Gasteiger partial charge in [-0.2, -0.15) is 10.2 Å². The van der Waals surface area contributed by atoms with Gasteiger partial charge >= 0.3 is 17.9 Å². The molecular formula is C34H30N4O11P2S4. The van der Waals surface area contributed by atoms with Crippen molar-refractivity contribution < 1.29 is 48.8 Å². The van der Waals surface area contributed by atoms with Crippen LogP contribution in [0, 0.1) is 10.1 Å². The van der Waals surface area contributed by atoms with Gasteiger partial charge in [0.1, 0.15) is 28.9 Å². The van der Waals surface area contributed by atoms with Crippen LogP contribution in [0.2, 0.25) is 0 Å². The smallest absolute Gasteiger partial charge is 0.347 e. The SMILES string of the molecule is CCC(CC(=O)Oc1ccc(N=Nc2ccc(C(=O)NCCC(=O)O)cc2)cc1C(=O)Oc1ccc(P2(=S)SP(=S)(c3ccc(O)cc3)S2)cc1)O[N+](=O)[O-]. The Balaban J connectivity index is 1.32. The van der Waals surface area contributed by atoms with E-state index >= 15 is 0 Å². The van der Waals surface area contributed by atoms with Gasteiger partial charge in [0.25, 0.3) is 11.0 Å². The number of esters is 2. The molecule has 1 aliphatic rings. The zero-order chi connectivity index (χ0) is 39.8. The lowest BCUT2D eigenvalue weighted by Crippen LogP contribution is -2.25. The molecule has 1 saturated heterocycles. The van der Waals surface area contributed by atoms with E-state index in [1.807, 2.05) is 12.1 Å². The average Bonchev–Trinajstić information content (AvgIpc) is 3.13. The molecule has 0 aromatic heterocycles. The molecule has 4 aromatic carbocycles. The van der Waals surface area contributed by atoms with E-state index in [1.54, 1.807) is 65.3 Å². The fraction of sp³-hybridized carbons (Fsp3) is 0.176. The van der Waals surface area contributed by atoms with Crippen LogP contribution in [0.5, 0.6) is 17.2 Å². The highest BCUT2D eigenvalue weighted by Crippen LogP contribution is 3.04. The summed E-state index contributed by atoms with van der Waals surface area (Å²) in [5.74, 6) is -3.16. The number of carboxylic acid groups (broad SMARTS) is 1. The number of carbonyl (C=O) groups excluding carboxylic acids is 3. The minimum Gasteiger partial charge on any atom is -0.508 e. The van der Waals surface area contributed by atoms with Crippen molar-refractivity contribution in [1.82, 2.24) is 5.32 Å². The fourth-order valence-corrected chi connectivity index (χ4v) is 47.0. The molecule has 1 fully saturated rings. The Morgan fingerprint density at radius 1 is 0.873 bits per heavy atom. The minimum atomic E-state index is -2.12. The van der Waals surface area contributed by atoms with Crippen LogP contribution in [0.1, 0.15) is 46.9 Å². The predicted octanol–water partition coefficient (Wildman–Crippen LogP) is 7.56. The summed E-state index contributed by atoms with van der Waals surface area (Å²) in [4.78, 5) is 64.6. The number of rotatable bonds is 16. The van der Waals surface area contributed by atoms with Crippen LogP contribution in [0.3, 0.4) is 0 Å². The maximum absolute atomic E-state index is 13.6. The Labute approximate surface area is 331 Å². The largest absolute Gasteiger partial charge is 0.508 e. The third-order valence-corrected chi connectivity index (χ3v) is 38.7. The summed E-state index contributed by atoms with van der Waals surface area (Å²) in [6.07, 6.45) is -1.61. The molecule has 1 atom stereocenters. The van der Waals surface area contributed by atoms with E-state index in [0.29, 0.717) is 5.69 Å². The van der Waals surface area contributed by atoms with Gasteiger partial charge < -0.3 is 29.8 Å². The first-order chi connectivity index (χ1) is 26.2. The summed E-state index contributed by atoms with van der Waals surface area (Å²) in [5.41, 5.74) is 0.600. The lowest BCUT2D eigenvalue weighted by molar-refractivity contribution is -0.768. The third kappa shape index (κ3) is 11.2. The van der Waals surface area contributed by atoms with Gasteiger partial charge in [0.05, 0.1) is 33.1 Å². The number of phenols is 1. The monoisotopic (exact) mass is 860 g/mol. The van der Waals surface area contributed by atoms with E-state index in [-0.39, 0.29) is 53.4 Å². The summed E-state index contributed by atoms with van der Waals surface area (Å²) >= 11 is 15.2. The van der Waals surface area contributed by atoms with Gasteiger partial charge in [-0.05, 0) is 97.4 Å². The van der Waals surface area contributed by atoms with E-state index in [4.69, 9.17) is 38.2 Å². The number of nitrogens with one attached hydrogen (secondary N) is 1. The van der Waals surface area contributed by atoms with E-state index < -0.39 is 50.3 Å². The normalized spacial score (nSPS) is 18.1. The Morgan fingerprint density at radius 2 is 1.45 bits per heavy atom. The van der Waals surface area contributed by atoms with Crippen molar-refractivity contribution in [2.75, 3.05) is 6.54 Å². The van der Waals surface area contributed by atoms with Crippen molar-refractivity contribution in [1.29, 1.82) is 0 Å². The third-order valence-electron chi connectivity index (χ3n) is 7.49. The molecule has 5 rings (SSSR count). The molecular weight excluding hydrogens is 831 g/mol. The molecule has 55 heavy (non-hydrogen) atoms. The summed E-state index contributed by atoms with van der Waals surface area (Å²) < 4.78 is 6.95. The summed E-state index contributed by atoms with van der Waals surface area (Å²) in [6, 6.07) is 23.6. The van der Waals surface area contributed by atoms with E-state index in [2.05, 4.69) is 20.4 Å². The number of hydrogen-bond donors (Lipinski definition) is 3. The Hall–Kier alpha value is -4.64. The van der Waals surface area contributed by atoms with Crippen LogP contribution in [0.25, 0.3) is 0 Å². The first-order valence-corrected chi connectivity index (χ1v) is 25.7. The first-order valence-electron chi connectivity index (χ1n) is 16.1. The average molecular weight is 861 g/mol. The topological polar surface area (TPSA) is 216 Å². The van der Waals surface area contributed by atoms with Crippen LogP contribution in [-0.2, 0) is 38.0 Å². The summed E-state index contributed by atoms with van der Waals surface area (Å²) in [7, 11) is 0. The highest BCUT2D eigenvalue weighted by atomic mass is 33.7. The molecule has 0 spiro atoms. The molecule has 0 aliphatic carbocycles. The highest BCUT2D eigenvalue weighted by molar-refractivity contribution is 9.48. The van der Waals surface area contributed by atoms with Crippen molar-refractivity contribution in [3.8, 4) is 17.2 Å². The maximum atomic E-state index is 13.6. The molecule has 21 heteroatoms. The molecule has 15 nitrogen and oxygen atoms in total. The van der Waals surface area contributed by atoms with Gasteiger partial charge in [-0.3, -0.25) is 14.4 Å². The molecule has 286 valence electrons. The Morgan fingerprint density at radius 3 is 2.04 bits per heavy atom.